The number of rotatable bonds is 9. The third kappa shape index (κ3) is 4.88. The van der Waals surface area contributed by atoms with Gasteiger partial charge in [0.05, 0.1) is 17.9 Å². The van der Waals surface area contributed by atoms with Crippen LogP contribution in [0.4, 0.5) is 0 Å². The van der Waals surface area contributed by atoms with Gasteiger partial charge in [0.15, 0.2) is 11.0 Å². The molecule has 2 aromatic rings. The summed E-state index contributed by atoms with van der Waals surface area (Å²) >= 11 is 1.39. The minimum atomic E-state index is -0.271. The van der Waals surface area contributed by atoms with Gasteiger partial charge in [-0.2, -0.15) is 0 Å². The van der Waals surface area contributed by atoms with E-state index >= 15 is 0 Å². The fourth-order valence-electron chi connectivity index (χ4n) is 2.36. The van der Waals surface area contributed by atoms with Crippen LogP contribution in [0.3, 0.4) is 0 Å². The van der Waals surface area contributed by atoms with E-state index in [-0.39, 0.29) is 11.2 Å². The predicted octanol–water partition coefficient (Wildman–Crippen LogP) is 3.39. The Morgan fingerprint density at radius 2 is 2.08 bits per heavy atom. The molecule has 0 spiro atoms. The summed E-state index contributed by atoms with van der Waals surface area (Å²) in [5.41, 5.74) is 0.855. The molecule has 1 N–H and O–H groups in total. The zero-order chi connectivity index (χ0) is 19.1. The van der Waals surface area contributed by atoms with Crippen LogP contribution in [0.25, 0.3) is 11.4 Å². The minimum absolute atomic E-state index is 0.00399. The molecule has 0 bridgehead atoms. The van der Waals surface area contributed by atoms with Crippen molar-refractivity contribution < 1.29 is 9.53 Å². The van der Waals surface area contributed by atoms with Crippen LogP contribution in [0.1, 0.15) is 20.8 Å². The van der Waals surface area contributed by atoms with E-state index in [0.29, 0.717) is 30.0 Å². The van der Waals surface area contributed by atoms with Gasteiger partial charge in [0.2, 0.25) is 5.91 Å². The van der Waals surface area contributed by atoms with Gasteiger partial charge in [0.1, 0.15) is 5.75 Å². The van der Waals surface area contributed by atoms with Gasteiger partial charge in [0, 0.05) is 13.1 Å². The standard InChI is InChI=1S/C19H26N4O2S/c1-6-11-23-17(15-9-7-8-10-16(15)25-5)21-22-19(23)26-14(4)18(24)20-12-13(2)3/h6-10,13-14H,1,11-12H2,2-5H3,(H,20,24). The van der Waals surface area contributed by atoms with Gasteiger partial charge >= 0.3 is 0 Å². The predicted molar refractivity (Wildman–Crippen MR) is 105 cm³/mol. The van der Waals surface area contributed by atoms with Crippen molar-refractivity contribution in [1.29, 1.82) is 0 Å². The number of carbonyl (C=O) groups excluding carboxylic acids is 1. The third-order valence-corrected chi connectivity index (χ3v) is 4.79. The third-order valence-electron chi connectivity index (χ3n) is 3.71. The molecule has 7 heteroatoms. The topological polar surface area (TPSA) is 69.0 Å². The Bertz CT molecular complexity index is 758. The summed E-state index contributed by atoms with van der Waals surface area (Å²) in [6.07, 6.45) is 1.79. The van der Waals surface area contributed by atoms with Crippen LogP contribution in [0.5, 0.6) is 5.75 Å². The maximum Gasteiger partial charge on any atom is 0.233 e. The molecule has 0 radical (unpaired) electrons. The van der Waals surface area contributed by atoms with Crippen molar-refractivity contribution in [2.45, 2.75) is 37.7 Å². The van der Waals surface area contributed by atoms with Crippen molar-refractivity contribution in [2.75, 3.05) is 13.7 Å². The zero-order valence-corrected chi connectivity index (χ0v) is 16.5. The van der Waals surface area contributed by atoms with Crippen molar-refractivity contribution in [3.8, 4) is 17.1 Å². The van der Waals surface area contributed by atoms with E-state index in [4.69, 9.17) is 4.74 Å². The number of benzene rings is 1. The Labute approximate surface area is 159 Å². The zero-order valence-electron chi connectivity index (χ0n) is 15.7. The summed E-state index contributed by atoms with van der Waals surface area (Å²) in [5, 5.41) is 12.0. The van der Waals surface area contributed by atoms with Crippen LogP contribution < -0.4 is 10.1 Å². The van der Waals surface area contributed by atoms with Gasteiger partial charge in [0.25, 0.3) is 0 Å². The highest BCUT2D eigenvalue weighted by molar-refractivity contribution is 8.00. The summed E-state index contributed by atoms with van der Waals surface area (Å²) in [4.78, 5) is 12.3. The number of hydrogen-bond donors (Lipinski definition) is 1. The van der Waals surface area contributed by atoms with Crippen molar-refractivity contribution in [2.24, 2.45) is 5.92 Å². The number of hydrogen-bond acceptors (Lipinski definition) is 5. The Kier molecular flexibility index (Phi) is 7.26. The van der Waals surface area contributed by atoms with E-state index in [9.17, 15) is 4.79 Å². The first-order valence-corrected chi connectivity index (χ1v) is 9.47. The van der Waals surface area contributed by atoms with Crippen molar-refractivity contribution in [3.05, 3.63) is 36.9 Å². The number of aromatic nitrogens is 3. The molecule has 0 fully saturated rings. The number of ether oxygens (including phenoxy) is 1. The molecule has 26 heavy (non-hydrogen) atoms. The molecule has 0 aliphatic heterocycles. The molecule has 0 saturated heterocycles. The molecule has 0 saturated carbocycles. The molecule has 1 atom stereocenters. The highest BCUT2D eigenvalue weighted by atomic mass is 32.2. The van der Waals surface area contributed by atoms with Crippen LogP contribution in [-0.4, -0.2) is 39.6 Å². The molecule has 1 unspecified atom stereocenters. The normalized spacial score (nSPS) is 12.0. The van der Waals surface area contributed by atoms with E-state index in [1.165, 1.54) is 11.8 Å². The molecule has 1 aromatic heterocycles. The van der Waals surface area contributed by atoms with E-state index in [1.807, 2.05) is 35.8 Å². The van der Waals surface area contributed by atoms with Crippen molar-refractivity contribution >= 4 is 17.7 Å². The number of allylic oxidation sites excluding steroid dienone is 1. The number of methoxy groups -OCH3 is 1. The van der Waals surface area contributed by atoms with Crippen LogP contribution in [-0.2, 0) is 11.3 Å². The second-order valence-corrected chi connectivity index (χ2v) is 7.61. The van der Waals surface area contributed by atoms with Gasteiger partial charge in [-0.3, -0.25) is 9.36 Å². The number of nitrogens with zero attached hydrogens (tertiary/aromatic N) is 3. The van der Waals surface area contributed by atoms with Crippen LogP contribution >= 0.6 is 11.8 Å². The Balaban J connectivity index is 2.26. The van der Waals surface area contributed by atoms with Gasteiger partial charge in [-0.25, -0.2) is 0 Å². The molecule has 0 aliphatic rings. The second kappa shape index (κ2) is 9.43. The van der Waals surface area contributed by atoms with Gasteiger partial charge in [-0.1, -0.05) is 43.8 Å². The summed E-state index contributed by atoms with van der Waals surface area (Å²) in [5.74, 6) is 1.83. The summed E-state index contributed by atoms with van der Waals surface area (Å²) in [6.45, 7) is 11.0. The molecule has 1 aromatic carbocycles. The lowest BCUT2D eigenvalue weighted by atomic mass is 10.2. The Morgan fingerprint density at radius 1 is 1.35 bits per heavy atom. The van der Waals surface area contributed by atoms with Crippen LogP contribution in [0, 0.1) is 5.92 Å². The lowest BCUT2D eigenvalue weighted by Gasteiger charge is -2.14. The van der Waals surface area contributed by atoms with Crippen molar-refractivity contribution in [1.82, 2.24) is 20.1 Å². The number of amides is 1. The lowest BCUT2D eigenvalue weighted by Crippen LogP contribution is -2.33. The second-order valence-electron chi connectivity index (χ2n) is 6.30. The first-order chi connectivity index (χ1) is 12.5. The summed E-state index contributed by atoms with van der Waals surface area (Å²) < 4.78 is 7.38. The monoisotopic (exact) mass is 374 g/mol. The maximum absolute atomic E-state index is 12.3. The van der Waals surface area contributed by atoms with Crippen LogP contribution in [0.2, 0.25) is 0 Å². The van der Waals surface area contributed by atoms with Gasteiger partial charge in [-0.15, -0.1) is 16.8 Å². The summed E-state index contributed by atoms with van der Waals surface area (Å²) in [7, 11) is 1.63. The highest BCUT2D eigenvalue weighted by Crippen LogP contribution is 2.32. The molecule has 0 aliphatic carbocycles. The van der Waals surface area contributed by atoms with E-state index in [2.05, 4.69) is 35.9 Å². The van der Waals surface area contributed by atoms with Crippen LogP contribution in [0.15, 0.2) is 42.1 Å². The SMILES string of the molecule is C=CCn1c(SC(C)C(=O)NCC(C)C)nnc1-c1ccccc1OC. The number of carbonyl (C=O) groups is 1. The maximum atomic E-state index is 12.3. The minimum Gasteiger partial charge on any atom is -0.496 e. The molecule has 140 valence electrons. The largest absolute Gasteiger partial charge is 0.496 e. The molecule has 1 amide bonds. The van der Waals surface area contributed by atoms with Gasteiger partial charge < -0.3 is 10.1 Å². The summed E-state index contributed by atoms with van der Waals surface area (Å²) in [6, 6.07) is 7.67. The fourth-order valence-corrected chi connectivity index (χ4v) is 3.24. The Hall–Kier alpha value is -2.28. The van der Waals surface area contributed by atoms with E-state index in [0.717, 1.165) is 11.3 Å². The first-order valence-electron chi connectivity index (χ1n) is 8.59. The smallest absolute Gasteiger partial charge is 0.233 e. The number of nitrogens with one attached hydrogen (secondary N) is 1. The number of thioether (sulfide) groups is 1. The first kappa shape index (κ1) is 20.0. The fraction of sp³-hybridized carbons (Fsp3) is 0.421. The average molecular weight is 375 g/mol. The Morgan fingerprint density at radius 3 is 2.73 bits per heavy atom. The van der Waals surface area contributed by atoms with Gasteiger partial charge in [-0.05, 0) is 25.0 Å². The molecule has 1 heterocycles. The molecule has 2 rings (SSSR count). The van der Waals surface area contributed by atoms with E-state index < -0.39 is 0 Å². The molecular formula is C19H26N4O2S. The molecule has 6 nitrogen and oxygen atoms in total. The van der Waals surface area contributed by atoms with Crippen molar-refractivity contribution in [3.63, 3.8) is 0 Å². The van der Waals surface area contributed by atoms with E-state index in [1.54, 1.807) is 13.2 Å². The quantitative estimate of drug-likeness (QED) is 0.538. The molecular weight excluding hydrogens is 348 g/mol. The highest BCUT2D eigenvalue weighted by Gasteiger charge is 2.21. The number of para-hydroxylation sites is 1. The lowest BCUT2D eigenvalue weighted by molar-refractivity contribution is -0.120. The average Bonchev–Trinajstić information content (AvgIpc) is 3.02.